The summed E-state index contributed by atoms with van der Waals surface area (Å²) in [5, 5.41) is 0. The zero-order valence-corrected chi connectivity index (χ0v) is 17.4. The number of H-pyrrole nitrogens is 1. The van der Waals surface area contributed by atoms with Gasteiger partial charge in [-0.1, -0.05) is 31.4 Å². The summed E-state index contributed by atoms with van der Waals surface area (Å²) in [5.74, 6) is 0. The molecule has 2 aromatic rings. The minimum Gasteiger partial charge on any atom is -0.370 e. The van der Waals surface area contributed by atoms with Crippen molar-refractivity contribution in [3.05, 3.63) is 34.7 Å². The van der Waals surface area contributed by atoms with Crippen LogP contribution in [0.4, 0.5) is 0 Å². The lowest BCUT2D eigenvalue weighted by Gasteiger charge is -2.48. The summed E-state index contributed by atoms with van der Waals surface area (Å²) < 4.78 is 14.8. The van der Waals surface area contributed by atoms with Crippen LogP contribution in [0.3, 0.4) is 0 Å². The summed E-state index contributed by atoms with van der Waals surface area (Å²) in [6, 6.07) is 8.25. The van der Waals surface area contributed by atoms with Crippen LogP contribution in [-0.4, -0.2) is 58.5 Å². The second kappa shape index (κ2) is 7.89. The maximum atomic E-state index is 12.5. The minimum atomic E-state index is -0.0295. The first-order valence-electron chi connectivity index (χ1n) is 11.4. The summed E-state index contributed by atoms with van der Waals surface area (Å²) in [6.07, 6.45) is 8.48. The van der Waals surface area contributed by atoms with Crippen molar-refractivity contribution in [3.8, 4) is 0 Å². The predicted octanol–water partition coefficient (Wildman–Crippen LogP) is 3.47. The molecule has 2 unspecified atom stereocenters. The van der Waals surface area contributed by atoms with Gasteiger partial charge in [0.25, 0.3) is 0 Å². The molecule has 6 nitrogen and oxygen atoms in total. The van der Waals surface area contributed by atoms with Gasteiger partial charge in [-0.15, -0.1) is 0 Å². The number of nitrogens with one attached hydrogen (secondary N) is 1. The smallest absolute Gasteiger partial charge is 0.326 e. The highest BCUT2D eigenvalue weighted by molar-refractivity contribution is 5.75. The first kappa shape index (κ1) is 19.3. The Hall–Kier alpha value is -1.63. The highest BCUT2D eigenvalue weighted by atomic mass is 16.6. The van der Waals surface area contributed by atoms with Crippen LogP contribution in [0.15, 0.2) is 29.1 Å². The van der Waals surface area contributed by atoms with Crippen molar-refractivity contribution in [2.24, 2.45) is 0 Å². The third-order valence-electron chi connectivity index (χ3n) is 7.40. The Bertz CT molecular complexity index is 890. The summed E-state index contributed by atoms with van der Waals surface area (Å²) in [4.78, 5) is 18.0. The number of piperidine rings is 1. The van der Waals surface area contributed by atoms with Crippen molar-refractivity contribution in [2.75, 3.05) is 26.2 Å². The maximum Gasteiger partial charge on any atom is 0.326 e. The number of nitrogens with zero attached hydrogens (tertiary/aromatic N) is 2. The molecular weight excluding hydrogens is 366 g/mol. The van der Waals surface area contributed by atoms with Crippen molar-refractivity contribution in [1.29, 1.82) is 0 Å². The number of hydrogen-bond donors (Lipinski definition) is 1. The standard InChI is InChI=1S/C23H33N3O3/c1-17-23(11-5-2-6-12-23)28-16-19(29-17)15-25-13-9-18(10-14-25)26-21-8-4-3-7-20(21)24-22(26)27/h3-4,7-8,17-19H,2,5-6,9-16H2,1H3,(H,24,27). The van der Waals surface area contributed by atoms with E-state index in [4.69, 9.17) is 9.47 Å². The van der Waals surface area contributed by atoms with E-state index >= 15 is 0 Å². The van der Waals surface area contributed by atoms with Gasteiger partial charge in [0, 0.05) is 25.7 Å². The highest BCUT2D eigenvalue weighted by Crippen LogP contribution is 2.39. The van der Waals surface area contributed by atoms with E-state index in [0.29, 0.717) is 6.61 Å². The van der Waals surface area contributed by atoms with Crippen molar-refractivity contribution >= 4 is 11.0 Å². The topological polar surface area (TPSA) is 59.5 Å². The molecule has 2 aliphatic heterocycles. The Labute approximate surface area is 172 Å². The number of aromatic amines is 1. The normalized spacial score (nSPS) is 28.9. The summed E-state index contributed by atoms with van der Waals surface area (Å²) in [5.41, 5.74) is 1.93. The lowest BCUT2D eigenvalue weighted by Crippen LogP contribution is -2.56. The van der Waals surface area contributed by atoms with Crippen LogP contribution in [0, 0.1) is 0 Å². The molecule has 3 heterocycles. The Morgan fingerprint density at radius 3 is 2.66 bits per heavy atom. The third-order valence-corrected chi connectivity index (χ3v) is 7.40. The molecule has 3 fully saturated rings. The van der Waals surface area contributed by atoms with Crippen LogP contribution >= 0.6 is 0 Å². The van der Waals surface area contributed by atoms with E-state index in [2.05, 4.69) is 16.8 Å². The average Bonchev–Trinajstić information content (AvgIpc) is 3.08. The SMILES string of the molecule is CC1OC(CN2CCC(n3c(=O)[nH]c4ccccc43)CC2)COC12CCCCC2. The Balaban J connectivity index is 1.18. The zero-order valence-electron chi connectivity index (χ0n) is 17.4. The van der Waals surface area contributed by atoms with Crippen LogP contribution in [0.1, 0.15) is 57.9 Å². The van der Waals surface area contributed by atoms with Crippen LogP contribution in [-0.2, 0) is 9.47 Å². The number of aromatic nitrogens is 2. The quantitative estimate of drug-likeness (QED) is 0.859. The molecule has 29 heavy (non-hydrogen) atoms. The maximum absolute atomic E-state index is 12.5. The van der Waals surface area contributed by atoms with Gasteiger partial charge < -0.3 is 19.4 Å². The number of imidazole rings is 1. The zero-order chi connectivity index (χ0) is 19.8. The van der Waals surface area contributed by atoms with E-state index in [1.54, 1.807) is 0 Å². The molecule has 3 aliphatic rings. The Kier molecular flexibility index (Phi) is 5.26. The van der Waals surface area contributed by atoms with Gasteiger partial charge in [-0.05, 0) is 44.7 Å². The number of ether oxygens (including phenoxy) is 2. The van der Waals surface area contributed by atoms with E-state index < -0.39 is 0 Å². The molecule has 2 atom stereocenters. The predicted molar refractivity (Wildman–Crippen MR) is 113 cm³/mol. The van der Waals surface area contributed by atoms with Gasteiger partial charge in [-0.2, -0.15) is 0 Å². The first-order valence-corrected chi connectivity index (χ1v) is 11.4. The highest BCUT2D eigenvalue weighted by Gasteiger charge is 2.44. The van der Waals surface area contributed by atoms with Crippen molar-refractivity contribution < 1.29 is 9.47 Å². The average molecular weight is 400 g/mol. The summed E-state index contributed by atoms with van der Waals surface area (Å²) in [6.45, 7) is 5.83. The summed E-state index contributed by atoms with van der Waals surface area (Å²) in [7, 11) is 0. The third kappa shape index (κ3) is 3.66. The lowest BCUT2D eigenvalue weighted by molar-refractivity contribution is -0.242. The molecule has 0 radical (unpaired) electrons. The fourth-order valence-electron chi connectivity index (χ4n) is 5.71. The van der Waals surface area contributed by atoms with Crippen molar-refractivity contribution in [3.63, 3.8) is 0 Å². The largest absolute Gasteiger partial charge is 0.370 e. The number of hydrogen-bond acceptors (Lipinski definition) is 4. The molecular formula is C23H33N3O3. The van der Waals surface area contributed by atoms with Crippen LogP contribution < -0.4 is 5.69 Å². The van der Waals surface area contributed by atoms with Gasteiger partial charge in [-0.25, -0.2) is 4.79 Å². The van der Waals surface area contributed by atoms with E-state index in [-0.39, 0.29) is 29.5 Å². The molecule has 0 bridgehead atoms. The number of para-hydroxylation sites is 2. The Morgan fingerprint density at radius 1 is 1.14 bits per heavy atom. The second-order valence-corrected chi connectivity index (χ2v) is 9.19. The van der Waals surface area contributed by atoms with Gasteiger partial charge in [-0.3, -0.25) is 4.57 Å². The molecule has 2 saturated heterocycles. The number of benzene rings is 1. The van der Waals surface area contributed by atoms with Gasteiger partial charge in [0.1, 0.15) is 0 Å². The fourth-order valence-corrected chi connectivity index (χ4v) is 5.71. The lowest BCUT2D eigenvalue weighted by atomic mass is 9.80. The van der Waals surface area contributed by atoms with Crippen LogP contribution in [0.2, 0.25) is 0 Å². The molecule has 158 valence electrons. The van der Waals surface area contributed by atoms with Crippen LogP contribution in [0.5, 0.6) is 0 Å². The molecule has 5 rings (SSSR count). The summed E-state index contributed by atoms with van der Waals surface area (Å²) >= 11 is 0. The Morgan fingerprint density at radius 2 is 1.90 bits per heavy atom. The fraction of sp³-hybridized carbons (Fsp3) is 0.696. The van der Waals surface area contributed by atoms with Gasteiger partial charge in [0.15, 0.2) is 0 Å². The van der Waals surface area contributed by atoms with E-state index in [0.717, 1.165) is 56.4 Å². The van der Waals surface area contributed by atoms with Gasteiger partial charge >= 0.3 is 5.69 Å². The number of fused-ring (bicyclic) bond motifs is 1. The second-order valence-electron chi connectivity index (χ2n) is 9.19. The van der Waals surface area contributed by atoms with Crippen molar-refractivity contribution in [1.82, 2.24) is 14.5 Å². The van der Waals surface area contributed by atoms with E-state index in [1.165, 1.54) is 19.3 Å². The van der Waals surface area contributed by atoms with E-state index in [9.17, 15) is 4.79 Å². The first-order chi connectivity index (χ1) is 14.1. The monoisotopic (exact) mass is 399 g/mol. The number of likely N-dealkylation sites (tertiary alicyclic amines) is 1. The minimum absolute atomic E-state index is 0.0141. The molecule has 1 N–H and O–H groups in total. The molecule has 1 spiro atoms. The molecule has 0 amide bonds. The molecule has 6 heteroatoms. The van der Waals surface area contributed by atoms with Crippen LogP contribution in [0.25, 0.3) is 11.0 Å². The van der Waals surface area contributed by atoms with E-state index in [1.807, 2.05) is 28.8 Å². The number of rotatable bonds is 3. The molecule has 1 aromatic carbocycles. The molecule has 1 saturated carbocycles. The molecule has 1 aromatic heterocycles. The van der Waals surface area contributed by atoms with Gasteiger partial charge in [0.2, 0.25) is 0 Å². The molecule has 1 aliphatic carbocycles. The van der Waals surface area contributed by atoms with Gasteiger partial charge in [0.05, 0.1) is 35.4 Å². The van der Waals surface area contributed by atoms with Crippen molar-refractivity contribution in [2.45, 2.75) is 75.7 Å².